The number of rotatable bonds is 11. The molecule has 1 aromatic carbocycles. The Balaban J connectivity index is 2.05. The van der Waals surface area contributed by atoms with Gasteiger partial charge in [0.05, 0.1) is 5.52 Å². The summed E-state index contributed by atoms with van der Waals surface area (Å²) < 4.78 is 6.42. The van der Waals surface area contributed by atoms with Crippen LogP contribution in [0.1, 0.15) is 93.4 Å². The minimum absolute atomic E-state index is 0.0873. The average Bonchev–Trinajstić information content (AvgIpc) is 2.59. The van der Waals surface area contributed by atoms with E-state index in [4.69, 9.17) is 4.74 Å². The van der Waals surface area contributed by atoms with Gasteiger partial charge in [-0.2, -0.15) is 0 Å². The first-order valence-corrected chi connectivity index (χ1v) is 11.3. The Bertz CT molecular complexity index is 845. The van der Waals surface area contributed by atoms with Gasteiger partial charge in [0.15, 0.2) is 0 Å². The topological polar surface area (TPSA) is 42.1 Å². The summed E-state index contributed by atoms with van der Waals surface area (Å²) >= 11 is 0. The number of fused-ring (bicyclic) bond motifs is 1. The van der Waals surface area contributed by atoms with E-state index in [9.17, 15) is 4.79 Å². The molecule has 0 fully saturated rings. The van der Waals surface area contributed by atoms with Gasteiger partial charge in [0.25, 0.3) is 0 Å². The van der Waals surface area contributed by atoms with E-state index >= 15 is 0 Å². The second kappa shape index (κ2) is 9.36. The Morgan fingerprint density at radius 2 is 1.52 bits per heavy atom. The van der Waals surface area contributed by atoms with Crippen molar-refractivity contribution in [2.24, 2.45) is 10.8 Å². The number of benzene rings is 1. The number of aromatic amines is 1. The number of unbranched alkanes of at least 4 members (excludes halogenated alkanes) is 4. The van der Waals surface area contributed by atoms with E-state index in [1.807, 2.05) is 24.3 Å². The van der Waals surface area contributed by atoms with E-state index in [-0.39, 0.29) is 22.0 Å². The molecular formula is C26H41NO2. The summed E-state index contributed by atoms with van der Waals surface area (Å²) in [5.41, 5.74) is 0.820. The molecule has 0 saturated heterocycles. The van der Waals surface area contributed by atoms with Crippen molar-refractivity contribution in [3.63, 3.8) is 0 Å². The normalized spacial score (nSPS) is 13.1. The third-order valence-electron chi connectivity index (χ3n) is 6.70. The molecule has 3 nitrogen and oxygen atoms in total. The number of pyridine rings is 1. The van der Waals surface area contributed by atoms with E-state index in [1.165, 1.54) is 38.5 Å². The van der Waals surface area contributed by atoms with Gasteiger partial charge in [-0.25, -0.2) is 0 Å². The highest BCUT2D eigenvalue weighted by Gasteiger charge is 2.41. The first-order valence-electron chi connectivity index (χ1n) is 11.3. The molecule has 0 aliphatic rings. The fourth-order valence-corrected chi connectivity index (χ4v) is 4.36. The predicted molar refractivity (Wildman–Crippen MR) is 125 cm³/mol. The van der Waals surface area contributed by atoms with Crippen LogP contribution in [0, 0.1) is 10.8 Å². The van der Waals surface area contributed by atoms with Gasteiger partial charge in [0.1, 0.15) is 11.4 Å². The fraction of sp³-hybridized carbons (Fsp3) is 0.654. The summed E-state index contributed by atoms with van der Waals surface area (Å²) in [4.78, 5) is 14.5. The summed E-state index contributed by atoms with van der Waals surface area (Å²) in [6, 6.07) is 9.33. The van der Waals surface area contributed by atoms with Crippen LogP contribution in [0.5, 0.6) is 5.75 Å². The molecular weight excluding hydrogens is 358 g/mol. The SMILES string of the molecule is CCCCCCCC(C)(C)C(C)(C)CC(C)(C)Oc1ccc2ccc(=O)[nH]c2c1. The Hall–Kier alpha value is -1.77. The Labute approximate surface area is 177 Å². The quantitative estimate of drug-likeness (QED) is 0.398. The van der Waals surface area contributed by atoms with Crippen LogP contribution >= 0.6 is 0 Å². The van der Waals surface area contributed by atoms with Gasteiger partial charge < -0.3 is 9.72 Å². The van der Waals surface area contributed by atoms with Crippen molar-refractivity contribution in [1.82, 2.24) is 4.98 Å². The molecule has 2 aromatic rings. The molecule has 0 radical (unpaired) electrons. The number of aromatic nitrogens is 1. The number of hydrogen-bond donors (Lipinski definition) is 1. The Morgan fingerprint density at radius 3 is 2.21 bits per heavy atom. The Morgan fingerprint density at radius 1 is 0.862 bits per heavy atom. The molecule has 0 saturated carbocycles. The molecule has 0 unspecified atom stereocenters. The van der Waals surface area contributed by atoms with Gasteiger partial charge in [-0.1, -0.05) is 66.7 Å². The number of ether oxygens (including phenoxy) is 1. The lowest BCUT2D eigenvalue weighted by Gasteiger charge is -2.46. The van der Waals surface area contributed by atoms with E-state index < -0.39 is 0 Å². The highest BCUT2D eigenvalue weighted by Crippen LogP contribution is 2.48. The number of hydrogen-bond acceptors (Lipinski definition) is 2. The van der Waals surface area contributed by atoms with Crippen molar-refractivity contribution in [2.45, 2.75) is 99.0 Å². The first-order chi connectivity index (χ1) is 13.5. The minimum atomic E-state index is -0.300. The maximum absolute atomic E-state index is 11.6. The van der Waals surface area contributed by atoms with Crippen LogP contribution < -0.4 is 10.3 Å². The van der Waals surface area contributed by atoms with Crippen molar-refractivity contribution in [3.05, 3.63) is 40.7 Å². The van der Waals surface area contributed by atoms with Crippen LogP contribution in [0.2, 0.25) is 0 Å². The van der Waals surface area contributed by atoms with Gasteiger partial charge in [-0.15, -0.1) is 0 Å². The van der Waals surface area contributed by atoms with E-state index in [2.05, 4.69) is 53.5 Å². The predicted octanol–water partition coefficient (Wildman–Crippen LogP) is 7.49. The molecule has 0 aliphatic heterocycles. The minimum Gasteiger partial charge on any atom is -0.488 e. The van der Waals surface area contributed by atoms with Crippen LogP contribution in [0.15, 0.2) is 35.1 Å². The largest absolute Gasteiger partial charge is 0.488 e. The van der Waals surface area contributed by atoms with Gasteiger partial charge >= 0.3 is 0 Å². The second-order valence-electron chi connectivity index (χ2n) is 10.5. The molecule has 0 atom stereocenters. The number of nitrogens with one attached hydrogen (secondary N) is 1. The van der Waals surface area contributed by atoms with Gasteiger partial charge in [0.2, 0.25) is 5.56 Å². The van der Waals surface area contributed by atoms with E-state index in [1.54, 1.807) is 6.07 Å². The van der Waals surface area contributed by atoms with Crippen LogP contribution in [0.4, 0.5) is 0 Å². The van der Waals surface area contributed by atoms with Crippen LogP contribution in [-0.2, 0) is 0 Å². The van der Waals surface area contributed by atoms with Gasteiger partial charge in [0, 0.05) is 12.1 Å². The zero-order valence-electron chi connectivity index (χ0n) is 19.7. The lowest BCUT2D eigenvalue weighted by Crippen LogP contribution is -2.41. The third kappa shape index (κ3) is 6.62. The third-order valence-corrected chi connectivity index (χ3v) is 6.70. The van der Waals surface area contributed by atoms with Crippen molar-refractivity contribution in [2.75, 3.05) is 0 Å². The molecule has 0 amide bonds. The molecule has 0 aliphatic carbocycles. The lowest BCUT2D eigenvalue weighted by atomic mass is 9.61. The maximum atomic E-state index is 11.6. The smallest absolute Gasteiger partial charge is 0.248 e. The Kier molecular flexibility index (Phi) is 7.59. The summed E-state index contributed by atoms with van der Waals surface area (Å²) in [7, 11) is 0. The summed E-state index contributed by atoms with van der Waals surface area (Å²) in [6.07, 6.45) is 8.84. The zero-order valence-corrected chi connectivity index (χ0v) is 19.7. The van der Waals surface area contributed by atoms with Gasteiger partial charge in [-0.3, -0.25) is 4.79 Å². The number of H-pyrrole nitrogens is 1. The van der Waals surface area contributed by atoms with Gasteiger partial charge in [-0.05, 0) is 61.1 Å². The molecule has 3 heteroatoms. The maximum Gasteiger partial charge on any atom is 0.248 e. The molecule has 1 N–H and O–H groups in total. The van der Waals surface area contributed by atoms with Crippen LogP contribution in [0.3, 0.4) is 0 Å². The highest BCUT2D eigenvalue weighted by molar-refractivity contribution is 5.79. The molecule has 29 heavy (non-hydrogen) atoms. The van der Waals surface area contributed by atoms with Crippen LogP contribution in [0.25, 0.3) is 10.9 Å². The molecule has 0 spiro atoms. The average molecular weight is 400 g/mol. The fourth-order valence-electron chi connectivity index (χ4n) is 4.36. The lowest BCUT2D eigenvalue weighted by molar-refractivity contribution is -0.00496. The molecule has 2 rings (SSSR count). The zero-order chi connectivity index (χ0) is 21.7. The van der Waals surface area contributed by atoms with Crippen molar-refractivity contribution in [1.29, 1.82) is 0 Å². The van der Waals surface area contributed by atoms with Crippen molar-refractivity contribution < 1.29 is 4.74 Å². The summed E-state index contributed by atoms with van der Waals surface area (Å²) in [5, 5.41) is 1.01. The highest BCUT2D eigenvalue weighted by atomic mass is 16.5. The van der Waals surface area contributed by atoms with Crippen LogP contribution in [-0.4, -0.2) is 10.6 Å². The summed E-state index contributed by atoms with van der Waals surface area (Å²) in [5.74, 6) is 0.803. The van der Waals surface area contributed by atoms with E-state index in [0.29, 0.717) is 0 Å². The van der Waals surface area contributed by atoms with Crippen molar-refractivity contribution >= 4 is 10.9 Å². The second-order valence-corrected chi connectivity index (χ2v) is 10.5. The van der Waals surface area contributed by atoms with Crippen molar-refractivity contribution in [3.8, 4) is 5.75 Å². The molecule has 1 aromatic heterocycles. The summed E-state index contributed by atoms with van der Waals surface area (Å²) in [6.45, 7) is 16.2. The first kappa shape index (κ1) is 23.5. The monoisotopic (exact) mass is 399 g/mol. The van der Waals surface area contributed by atoms with E-state index in [0.717, 1.165) is 23.1 Å². The standard InChI is InChI=1S/C26H41NO2/c1-8-9-10-11-12-17-24(2,3)25(4,5)19-26(6,7)29-21-15-13-20-14-16-23(28)27-22(20)18-21/h13-16,18H,8-12,17,19H2,1-7H3,(H,27,28). The molecule has 1 heterocycles. The molecule has 0 bridgehead atoms. The molecule has 162 valence electrons.